The van der Waals surface area contributed by atoms with Crippen molar-refractivity contribution in [3.8, 4) is 5.75 Å². The van der Waals surface area contributed by atoms with Gasteiger partial charge in [-0.1, -0.05) is 12.1 Å². The predicted octanol–water partition coefficient (Wildman–Crippen LogP) is 3.02. The molecule has 1 aliphatic heterocycles. The molecule has 0 atom stereocenters. The van der Waals surface area contributed by atoms with E-state index in [1.54, 1.807) is 11.3 Å². The number of nitrogens with one attached hydrogen (secondary N) is 1. The van der Waals surface area contributed by atoms with Gasteiger partial charge in [0.05, 0.1) is 6.61 Å². The molecule has 0 fully saturated rings. The molecular formula is C15H17NOS. The van der Waals surface area contributed by atoms with E-state index in [9.17, 15) is 0 Å². The Bertz CT molecular complexity index is 507. The molecule has 0 saturated heterocycles. The summed E-state index contributed by atoms with van der Waals surface area (Å²) in [5.74, 6) is 1.07. The Morgan fingerprint density at radius 2 is 2.22 bits per heavy atom. The highest BCUT2D eigenvalue weighted by molar-refractivity contribution is 7.07. The minimum absolute atomic E-state index is 0.838. The largest absolute Gasteiger partial charge is 0.493 e. The van der Waals surface area contributed by atoms with Gasteiger partial charge in [-0.3, -0.25) is 0 Å². The highest BCUT2D eigenvalue weighted by atomic mass is 32.1. The van der Waals surface area contributed by atoms with Gasteiger partial charge >= 0.3 is 0 Å². The average molecular weight is 259 g/mol. The monoisotopic (exact) mass is 259 g/mol. The highest BCUT2D eigenvalue weighted by Crippen LogP contribution is 2.25. The van der Waals surface area contributed by atoms with Gasteiger partial charge < -0.3 is 10.1 Å². The molecule has 1 aromatic heterocycles. The smallest absolute Gasteiger partial charge is 0.122 e. The first-order valence-corrected chi connectivity index (χ1v) is 7.32. The summed E-state index contributed by atoms with van der Waals surface area (Å²) in [7, 11) is 0. The Morgan fingerprint density at radius 3 is 3.11 bits per heavy atom. The van der Waals surface area contributed by atoms with Crippen molar-refractivity contribution in [3.63, 3.8) is 0 Å². The summed E-state index contributed by atoms with van der Waals surface area (Å²) >= 11 is 1.77. The number of hydrogen-bond donors (Lipinski definition) is 1. The number of hydrogen-bond acceptors (Lipinski definition) is 3. The third-order valence-corrected chi connectivity index (χ3v) is 3.99. The van der Waals surface area contributed by atoms with E-state index in [-0.39, 0.29) is 0 Å². The molecule has 2 heterocycles. The molecule has 0 aliphatic carbocycles. The zero-order valence-corrected chi connectivity index (χ0v) is 11.1. The van der Waals surface area contributed by atoms with Crippen molar-refractivity contribution in [2.45, 2.75) is 19.4 Å². The quantitative estimate of drug-likeness (QED) is 0.833. The minimum Gasteiger partial charge on any atom is -0.493 e. The van der Waals surface area contributed by atoms with Crippen molar-refractivity contribution in [1.82, 2.24) is 5.32 Å². The van der Waals surface area contributed by atoms with Crippen molar-refractivity contribution < 1.29 is 4.74 Å². The van der Waals surface area contributed by atoms with Crippen molar-refractivity contribution in [2.75, 3.05) is 13.2 Å². The fourth-order valence-corrected chi connectivity index (χ4v) is 2.95. The molecular weight excluding hydrogens is 242 g/mol. The van der Waals surface area contributed by atoms with Crippen molar-refractivity contribution in [3.05, 3.63) is 51.7 Å². The molecule has 2 nitrogen and oxygen atoms in total. The van der Waals surface area contributed by atoms with Gasteiger partial charge in [0, 0.05) is 13.0 Å². The SMILES string of the molecule is c1cc(CCNCc2ccc3c(c2)CCO3)cs1. The summed E-state index contributed by atoms with van der Waals surface area (Å²) in [6, 6.07) is 8.71. The number of rotatable bonds is 5. The van der Waals surface area contributed by atoms with Crippen molar-refractivity contribution >= 4 is 11.3 Å². The lowest BCUT2D eigenvalue weighted by Gasteiger charge is -2.06. The van der Waals surface area contributed by atoms with E-state index in [0.717, 1.165) is 38.3 Å². The molecule has 0 spiro atoms. The lowest BCUT2D eigenvalue weighted by molar-refractivity contribution is 0.357. The first-order valence-electron chi connectivity index (χ1n) is 6.38. The number of benzene rings is 1. The van der Waals surface area contributed by atoms with Crippen LogP contribution in [0.25, 0.3) is 0 Å². The van der Waals surface area contributed by atoms with E-state index in [1.807, 2.05) is 0 Å². The standard InChI is InChI=1S/C15H17NOS/c1-2-15-14(4-7-17-15)9-13(1)10-16-6-3-12-5-8-18-11-12/h1-2,5,8-9,11,16H,3-4,6-7,10H2. The second-order valence-corrected chi connectivity index (χ2v) is 5.38. The molecule has 3 heteroatoms. The summed E-state index contributed by atoms with van der Waals surface area (Å²) in [6.07, 6.45) is 2.16. The van der Waals surface area contributed by atoms with Crippen LogP contribution in [0.2, 0.25) is 0 Å². The van der Waals surface area contributed by atoms with Gasteiger partial charge in [0.2, 0.25) is 0 Å². The minimum atomic E-state index is 0.838. The first-order chi connectivity index (χ1) is 8.92. The Balaban J connectivity index is 1.48. The van der Waals surface area contributed by atoms with E-state index >= 15 is 0 Å². The van der Waals surface area contributed by atoms with E-state index < -0.39 is 0 Å². The Morgan fingerprint density at radius 1 is 1.22 bits per heavy atom. The van der Waals surface area contributed by atoms with Gasteiger partial charge in [-0.05, 0) is 52.5 Å². The molecule has 0 unspecified atom stereocenters. The Kier molecular flexibility index (Phi) is 3.62. The Labute approximate surface area is 112 Å². The summed E-state index contributed by atoms with van der Waals surface area (Å²) in [5, 5.41) is 7.85. The van der Waals surface area contributed by atoms with E-state index in [0.29, 0.717) is 0 Å². The molecule has 2 aromatic rings. The third kappa shape index (κ3) is 2.74. The molecule has 0 radical (unpaired) electrons. The maximum atomic E-state index is 5.51. The van der Waals surface area contributed by atoms with Gasteiger partial charge in [0.25, 0.3) is 0 Å². The number of ether oxygens (including phenoxy) is 1. The van der Waals surface area contributed by atoms with E-state index in [4.69, 9.17) is 4.74 Å². The zero-order valence-electron chi connectivity index (χ0n) is 10.3. The van der Waals surface area contributed by atoms with Crippen LogP contribution in [0.3, 0.4) is 0 Å². The van der Waals surface area contributed by atoms with Crippen LogP contribution in [0.4, 0.5) is 0 Å². The molecule has 1 aliphatic rings. The maximum Gasteiger partial charge on any atom is 0.122 e. The lowest BCUT2D eigenvalue weighted by atomic mass is 10.1. The molecule has 1 aromatic carbocycles. The molecule has 0 bridgehead atoms. The molecule has 1 N–H and O–H groups in total. The third-order valence-electron chi connectivity index (χ3n) is 3.25. The fourth-order valence-electron chi connectivity index (χ4n) is 2.25. The van der Waals surface area contributed by atoms with E-state index in [1.165, 1.54) is 16.7 Å². The van der Waals surface area contributed by atoms with Gasteiger partial charge in [-0.15, -0.1) is 0 Å². The normalized spacial score (nSPS) is 13.3. The second-order valence-electron chi connectivity index (χ2n) is 4.60. The van der Waals surface area contributed by atoms with Crippen LogP contribution in [0.15, 0.2) is 35.0 Å². The van der Waals surface area contributed by atoms with Gasteiger partial charge in [0.1, 0.15) is 5.75 Å². The highest BCUT2D eigenvalue weighted by Gasteiger charge is 2.11. The molecule has 0 amide bonds. The molecule has 94 valence electrons. The molecule has 18 heavy (non-hydrogen) atoms. The van der Waals surface area contributed by atoms with Gasteiger partial charge in [0.15, 0.2) is 0 Å². The first kappa shape index (κ1) is 11.8. The van der Waals surface area contributed by atoms with Crippen molar-refractivity contribution in [1.29, 1.82) is 0 Å². The van der Waals surface area contributed by atoms with Crippen LogP contribution in [0.1, 0.15) is 16.7 Å². The van der Waals surface area contributed by atoms with Crippen LogP contribution >= 0.6 is 11.3 Å². The second kappa shape index (κ2) is 5.55. The topological polar surface area (TPSA) is 21.3 Å². The summed E-state index contributed by atoms with van der Waals surface area (Å²) < 4.78 is 5.51. The van der Waals surface area contributed by atoms with Gasteiger partial charge in [-0.2, -0.15) is 11.3 Å². The number of fused-ring (bicyclic) bond motifs is 1. The zero-order chi connectivity index (χ0) is 12.2. The van der Waals surface area contributed by atoms with E-state index in [2.05, 4.69) is 40.3 Å². The lowest BCUT2D eigenvalue weighted by Crippen LogP contribution is -2.16. The summed E-state index contributed by atoms with van der Waals surface area (Å²) in [4.78, 5) is 0. The number of thiophene rings is 1. The molecule has 3 rings (SSSR count). The van der Waals surface area contributed by atoms with Crippen molar-refractivity contribution in [2.24, 2.45) is 0 Å². The summed E-state index contributed by atoms with van der Waals surface area (Å²) in [6.45, 7) is 2.81. The van der Waals surface area contributed by atoms with Crippen LogP contribution < -0.4 is 10.1 Å². The van der Waals surface area contributed by atoms with Crippen LogP contribution in [-0.2, 0) is 19.4 Å². The predicted molar refractivity (Wildman–Crippen MR) is 75.4 cm³/mol. The van der Waals surface area contributed by atoms with Crippen LogP contribution in [0.5, 0.6) is 5.75 Å². The van der Waals surface area contributed by atoms with Gasteiger partial charge in [-0.25, -0.2) is 0 Å². The van der Waals surface area contributed by atoms with Crippen LogP contribution in [-0.4, -0.2) is 13.2 Å². The summed E-state index contributed by atoms with van der Waals surface area (Å²) in [5.41, 5.74) is 4.13. The maximum absolute atomic E-state index is 5.51. The fraction of sp³-hybridized carbons (Fsp3) is 0.333. The Hall–Kier alpha value is -1.32. The van der Waals surface area contributed by atoms with Crippen LogP contribution in [0, 0.1) is 0 Å². The average Bonchev–Trinajstić information content (AvgIpc) is 3.05. The molecule has 0 saturated carbocycles.